The molecule has 0 atom stereocenters. The van der Waals surface area contributed by atoms with Crippen molar-refractivity contribution >= 4 is 11.2 Å². The number of aromatic nitrogens is 3. The Balaban J connectivity index is 2.09. The Morgan fingerprint density at radius 1 is 1.05 bits per heavy atom. The van der Waals surface area contributed by atoms with Gasteiger partial charge in [0.2, 0.25) is 0 Å². The molecule has 1 aromatic carbocycles. The molecule has 2 N–H and O–H groups in total. The Morgan fingerprint density at radius 3 is 2.58 bits per heavy atom. The minimum atomic E-state index is 0.0644. The molecule has 0 unspecified atom stereocenters. The zero-order valence-corrected chi connectivity index (χ0v) is 10.2. The molecular formula is C14H13N3O2. The molecule has 0 aliphatic heterocycles. The molecule has 0 spiro atoms. The monoisotopic (exact) mass is 255 g/mol. The molecule has 19 heavy (non-hydrogen) atoms. The lowest BCUT2D eigenvalue weighted by Crippen LogP contribution is -2.00. The van der Waals surface area contributed by atoms with Crippen LogP contribution in [-0.4, -0.2) is 31.4 Å². The van der Waals surface area contributed by atoms with Gasteiger partial charge in [-0.25, -0.2) is 9.97 Å². The van der Waals surface area contributed by atoms with Crippen LogP contribution in [0.5, 0.6) is 5.75 Å². The maximum absolute atomic E-state index is 9.30. The summed E-state index contributed by atoms with van der Waals surface area (Å²) in [6.45, 7) is 0.562. The van der Waals surface area contributed by atoms with Crippen LogP contribution in [0.25, 0.3) is 22.3 Å². The summed E-state index contributed by atoms with van der Waals surface area (Å²) in [4.78, 5) is 8.49. The van der Waals surface area contributed by atoms with Gasteiger partial charge >= 0.3 is 0 Å². The number of hydrogen-bond donors (Lipinski definition) is 2. The second-order valence-electron chi connectivity index (χ2n) is 4.28. The lowest BCUT2D eigenvalue weighted by Gasteiger charge is -2.04. The largest absolute Gasteiger partial charge is 0.508 e. The van der Waals surface area contributed by atoms with Gasteiger partial charge < -0.3 is 14.8 Å². The molecule has 0 aliphatic carbocycles. The molecule has 0 bridgehead atoms. The zero-order valence-electron chi connectivity index (χ0n) is 10.2. The number of fused-ring (bicyclic) bond motifs is 1. The normalized spacial score (nSPS) is 11.0. The molecule has 0 radical (unpaired) electrons. The molecule has 3 rings (SSSR count). The first-order valence-corrected chi connectivity index (χ1v) is 5.99. The van der Waals surface area contributed by atoms with Crippen LogP contribution in [0.2, 0.25) is 0 Å². The highest BCUT2D eigenvalue weighted by molar-refractivity contribution is 5.78. The van der Waals surface area contributed by atoms with E-state index in [1.165, 1.54) is 0 Å². The summed E-state index contributed by atoms with van der Waals surface area (Å²) in [7, 11) is 0. The van der Waals surface area contributed by atoms with E-state index in [1.54, 1.807) is 24.7 Å². The van der Waals surface area contributed by atoms with Crippen molar-refractivity contribution in [2.75, 3.05) is 6.61 Å². The average molecular weight is 255 g/mol. The lowest BCUT2D eigenvalue weighted by molar-refractivity contribution is 0.278. The average Bonchev–Trinajstić information content (AvgIpc) is 2.83. The first kappa shape index (κ1) is 11.7. The van der Waals surface area contributed by atoms with E-state index in [2.05, 4.69) is 9.97 Å². The summed E-state index contributed by atoms with van der Waals surface area (Å²) >= 11 is 0. The molecule has 0 saturated heterocycles. The topological polar surface area (TPSA) is 71.2 Å². The van der Waals surface area contributed by atoms with Crippen molar-refractivity contribution in [3.63, 3.8) is 0 Å². The van der Waals surface area contributed by atoms with E-state index in [9.17, 15) is 5.11 Å². The van der Waals surface area contributed by atoms with Crippen LogP contribution in [-0.2, 0) is 6.54 Å². The number of phenols is 1. The third kappa shape index (κ3) is 2.15. The van der Waals surface area contributed by atoms with Crippen molar-refractivity contribution < 1.29 is 10.2 Å². The highest BCUT2D eigenvalue weighted by atomic mass is 16.3. The Morgan fingerprint density at radius 2 is 1.84 bits per heavy atom. The van der Waals surface area contributed by atoms with Crippen molar-refractivity contribution in [2.24, 2.45) is 0 Å². The van der Waals surface area contributed by atoms with E-state index in [0.29, 0.717) is 12.2 Å². The van der Waals surface area contributed by atoms with E-state index < -0.39 is 0 Å². The maximum atomic E-state index is 9.30. The summed E-state index contributed by atoms with van der Waals surface area (Å²) in [5.74, 6) is 0.239. The number of phenolic OH excluding ortho intramolecular Hbond substituents is 1. The van der Waals surface area contributed by atoms with Crippen molar-refractivity contribution in [3.05, 3.63) is 42.9 Å². The van der Waals surface area contributed by atoms with Gasteiger partial charge in [-0.2, -0.15) is 0 Å². The van der Waals surface area contributed by atoms with Gasteiger partial charge in [-0.3, -0.25) is 0 Å². The standard InChI is InChI=1S/C14H13N3O2/c18-6-5-17-9-16-14-13(17)7-11(8-15-14)10-1-3-12(19)4-2-10/h1-4,7-9,18-19H,5-6H2. The quantitative estimate of drug-likeness (QED) is 0.748. The van der Waals surface area contributed by atoms with E-state index in [4.69, 9.17) is 5.11 Å². The number of aliphatic hydroxyl groups is 1. The fourth-order valence-electron chi connectivity index (χ4n) is 2.04. The third-order valence-corrected chi connectivity index (χ3v) is 3.02. The number of rotatable bonds is 3. The van der Waals surface area contributed by atoms with Crippen LogP contribution in [0.4, 0.5) is 0 Å². The molecule has 0 saturated carbocycles. The van der Waals surface area contributed by atoms with Gasteiger partial charge in [0, 0.05) is 18.3 Å². The predicted octanol–water partition coefficient (Wildman–Crippen LogP) is 1.80. The first-order valence-electron chi connectivity index (χ1n) is 5.99. The van der Waals surface area contributed by atoms with Crippen LogP contribution in [0.3, 0.4) is 0 Å². The predicted molar refractivity (Wildman–Crippen MR) is 71.7 cm³/mol. The molecule has 5 nitrogen and oxygen atoms in total. The van der Waals surface area contributed by atoms with E-state index >= 15 is 0 Å². The molecule has 2 aromatic heterocycles. The Hall–Kier alpha value is -2.40. The van der Waals surface area contributed by atoms with Gasteiger partial charge in [-0.05, 0) is 23.8 Å². The lowest BCUT2D eigenvalue weighted by atomic mass is 10.1. The van der Waals surface area contributed by atoms with Crippen molar-refractivity contribution in [2.45, 2.75) is 6.54 Å². The van der Waals surface area contributed by atoms with Crippen LogP contribution < -0.4 is 0 Å². The van der Waals surface area contributed by atoms with Gasteiger partial charge in [0.25, 0.3) is 0 Å². The number of benzene rings is 1. The first-order chi connectivity index (χ1) is 9.28. The molecule has 0 aliphatic rings. The second-order valence-corrected chi connectivity index (χ2v) is 4.28. The van der Waals surface area contributed by atoms with Gasteiger partial charge in [0.1, 0.15) is 5.75 Å². The van der Waals surface area contributed by atoms with Crippen molar-refractivity contribution in [1.29, 1.82) is 0 Å². The second kappa shape index (κ2) is 4.70. The van der Waals surface area contributed by atoms with Gasteiger partial charge in [-0.15, -0.1) is 0 Å². The van der Waals surface area contributed by atoms with Crippen LogP contribution in [0.15, 0.2) is 42.9 Å². The van der Waals surface area contributed by atoms with Crippen LogP contribution in [0, 0.1) is 0 Å². The molecule has 2 heterocycles. The molecule has 0 fully saturated rings. The summed E-state index contributed by atoms with van der Waals surface area (Å²) in [6, 6.07) is 8.95. The minimum absolute atomic E-state index is 0.0644. The molecular weight excluding hydrogens is 242 g/mol. The minimum Gasteiger partial charge on any atom is -0.508 e. The third-order valence-electron chi connectivity index (χ3n) is 3.02. The van der Waals surface area contributed by atoms with E-state index in [1.807, 2.05) is 22.8 Å². The van der Waals surface area contributed by atoms with Crippen molar-refractivity contribution in [3.8, 4) is 16.9 Å². The number of nitrogens with zero attached hydrogens (tertiary/aromatic N) is 3. The summed E-state index contributed by atoms with van der Waals surface area (Å²) in [5.41, 5.74) is 3.48. The fraction of sp³-hybridized carbons (Fsp3) is 0.143. The van der Waals surface area contributed by atoms with Gasteiger partial charge in [0.05, 0.1) is 18.5 Å². The zero-order chi connectivity index (χ0) is 13.2. The Bertz CT molecular complexity index is 704. The number of aromatic hydroxyl groups is 1. The SMILES string of the molecule is OCCn1cnc2ncc(-c3ccc(O)cc3)cc21. The van der Waals surface area contributed by atoms with Crippen molar-refractivity contribution in [1.82, 2.24) is 14.5 Å². The summed E-state index contributed by atoms with van der Waals surface area (Å²) in [6.07, 6.45) is 3.43. The van der Waals surface area contributed by atoms with Gasteiger partial charge in [0.15, 0.2) is 5.65 Å². The van der Waals surface area contributed by atoms with Crippen LogP contribution in [0.1, 0.15) is 0 Å². The summed E-state index contributed by atoms with van der Waals surface area (Å²) < 4.78 is 1.87. The maximum Gasteiger partial charge on any atom is 0.177 e. The Labute approximate surface area is 109 Å². The number of aliphatic hydroxyl groups excluding tert-OH is 1. The molecule has 3 aromatic rings. The number of hydrogen-bond acceptors (Lipinski definition) is 4. The molecule has 0 amide bonds. The molecule has 96 valence electrons. The highest BCUT2D eigenvalue weighted by Gasteiger charge is 2.06. The van der Waals surface area contributed by atoms with Crippen LogP contribution >= 0.6 is 0 Å². The Kier molecular flexibility index (Phi) is 2.89. The summed E-state index contributed by atoms with van der Waals surface area (Å²) in [5, 5.41) is 18.3. The molecule has 5 heteroatoms. The van der Waals surface area contributed by atoms with E-state index in [0.717, 1.165) is 16.6 Å². The fourth-order valence-corrected chi connectivity index (χ4v) is 2.04. The number of imidazole rings is 1. The van der Waals surface area contributed by atoms with E-state index in [-0.39, 0.29) is 12.4 Å². The number of pyridine rings is 1. The smallest absolute Gasteiger partial charge is 0.177 e. The van der Waals surface area contributed by atoms with Gasteiger partial charge in [-0.1, -0.05) is 12.1 Å². The highest BCUT2D eigenvalue weighted by Crippen LogP contribution is 2.24.